The van der Waals surface area contributed by atoms with Gasteiger partial charge in [-0.25, -0.2) is 13.2 Å². The Hall–Kier alpha value is -1.28. The van der Waals surface area contributed by atoms with Crippen molar-refractivity contribution in [2.75, 3.05) is 19.8 Å². The second-order valence-electron chi connectivity index (χ2n) is 4.52. The second kappa shape index (κ2) is 8.23. The summed E-state index contributed by atoms with van der Waals surface area (Å²) in [6, 6.07) is 0.594. The van der Waals surface area contributed by atoms with Crippen LogP contribution in [0, 0.1) is 5.82 Å². The highest BCUT2D eigenvalue weighted by molar-refractivity contribution is 5.15. The Labute approximate surface area is 119 Å². The molecule has 21 heavy (non-hydrogen) atoms. The molecule has 1 heterocycles. The van der Waals surface area contributed by atoms with Crippen molar-refractivity contribution in [3.05, 3.63) is 29.8 Å². The minimum Gasteiger partial charge on any atom is -0.373 e. The molecule has 0 bridgehead atoms. The quantitative estimate of drug-likeness (QED) is 0.711. The van der Waals surface area contributed by atoms with Gasteiger partial charge in [-0.2, -0.15) is 8.78 Å². The highest BCUT2D eigenvalue weighted by atomic mass is 19.3. The summed E-state index contributed by atoms with van der Waals surface area (Å²) >= 11 is 0. The summed E-state index contributed by atoms with van der Waals surface area (Å²) in [6.45, 7) is 0.751. The lowest BCUT2D eigenvalue weighted by atomic mass is 10.1. The molecule has 1 unspecified atom stereocenters. The van der Waals surface area contributed by atoms with Gasteiger partial charge in [0, 0.05) is 6.20 Å². The van der Waals surface area contributed by atoms with Gasteiger partial charge in [0.1, 0.15) is 12.4 Å². The van der Waals surface area contributed by atoms with Crippen LogP contribution in [0.2, 0.25) is 0 Å². The Morgan fingerprint density at radius 3 is 2.62 bits per heavy atom. The van der Waals surface area contributed by atoms with Gasteiger partial charge >= 0.3 is 12.3 Å². The second-order valence-corrected chi connectivity index (χ2v) is 4.52. The largest absolute Gasteiger partial charge is 0.373 e. The molecule has 1 rings (SSSR count). The average molecular weight is 312 g/mol. The molecule has 0 spiro atoms. The van der Waals surface area contributed by atoms with Gasteiger partial charge in [-0.15, -0.1) is 0 Å². The number of halogens is 5. The van der Waals surface area contributed by atoms with Gasteiger partial charge in [-0.1, -0.05) is 6.92 Å². The maximum atomic E-state index is 13.1. The zero-order valence-corrected chi connectivity index (χ0v) is 11.5. The van der Waals surface area contributed by atoms with Gasteiger partial charge in [0.2, 0.25) is 0 Å². The molecular formula is C13H17F5N2O. The first-order valence-electron chi connectivity index (χ1n) is 6.44. The van der Waals surface area contributed by atoms with Crippen molar-refractivity contribution < 1.29 is 26.7 Å². The van der Waals surface area contributed by atoms with E-state index >= 15 is 0 Å². The van der Waals surface area contributed by atoms with Crippen molar-refractivity contribution in [3.63, 3.8) is 0 Å². The van der Waals surface area contributed by atoms with E-state index in [2.05, 4.69) is 15.0 Å². The highest BCUT2D eigenvalue weighted by Gasteiger charge is 2.41. The molecule has 1 aromatic rings. The van der Waals surface area contributed by atoms with Crippen LogP contribution < -0.4 is 5.32 Å². The van der Waals surface area contributed by atoms with Gasteiger partial charge in [0.15, 0.2) is 0 Å². The molecule has 1 N–H and O–H groups in total. The summed E-state index contributed by atoms with van der Waals surface area (Å²) in [5, 5.41) is 2.96. The normalized spacial score (nSPS) is 13.7. The molecule has 1 atom stereocenters. The molecule has 0 aliphatic carbocycles. The lowest BCUT2D eigenvalue weighted by Crippen LogP contribution is -2.34. The number of aromatic nitrogens is 1. The fraction of sp³-hybridized carbons (Fsp3) is 0.615. The van der Waals surface area contributed by atoms with Crippen molar-refractivity contribution >= 4 is 0 Å². The molecule has 0 aromatic carbocycles. The zero-order chi connectivity index (χ0) is 15.9. The van der Waals surface area contributed by atoms with Crippen LogP contribution in [0.5, 0.6) is 0 Å². The Bertz CT molecular complexity index is 431. The number of nitrogens with zero attached hydrogens (tertiary/aromatic N) is 1. The van der Waals surface area contributed by atoms with E-state index in [4.69, 9.17) is 0 Å². The molecule has 0 aliphatic rings. The van der Waals surface area contributed by atoms with Crippen LogP contribution in [-0.4, -0.2) is 37.1 Å². The summed E-state index contributed by atoms with van der Waals surface area (Å²) < 4.78 is 67.3. The highest BCUT2D eigenvalue weighted by Crippen LogP contribution is 2.23. The minimum atomic E-state index is -4.20. The lowest BCUT2D eigenvalue weighted by molar-refractivity contribution is -0.167. The molecule has 0 aliphatic heterocycles. The van der Waals surface area contributed by atoms with E-state index < -0.39 is 30.8 Å². The number of hydrogen-bond donors (Lipinski definition) is 1. The molecule has 0 radical (unpaired) electrons. The van der Waals surface area contributed by atoms with Crippen LogP contribution in [0.1, 0.15) is 24.9 Å². The first-order valence-corrected chi connectivity index (χ1v) is 6.44. The van der Waals surface area contributed by atoms with Crippen LogP contribution in [0.3, 0.4) is 0 Å². The molecule has 0 saturated heterocycles. The van der Waals surface area contributed by atoms with E-state index in [1.54, 1.807) is 0 Å². The number of ether oxygens (including phenoxy) is 1. The monoisotopic (exact) mass is 312 g/mol. The maximum absolute atomic E-state index is 13.1. The van der Waals surface area contributed by atoms with E-state index in [1.165, 1.54) is 12.3 Å². The Kier molecular flexibility index (Phi) is 6.97. The molecule has 0 saturated carbocycles. The first kappa shape index (κ1) is 17.8. The Morgan fingerprint density at radius 2 is 2.05 bits per heavy atom. The van der Waals surface area contributed by atoms with Crippen LogP contribution >= 0.6 is 0 Å². The van der Waals surface area contributed by atoms with Crippen molar-refractivity contribution in [1.82, 2.24) is 10.3 Å². The van der Waals surface area contributed by atoms with Crippen LogP contribution in [0.15, 0.2) is 18.5 Å². The van der Waals surface area contributed by atoms with E-state index in [1.807, 2.05) is 6.92 Å². The number of rotatable bonds is 9. The number of nitrogens with one attached hydrogen (secondary N) is 1. The maximum Gasteiger partial charge on any atom is 0.330 e. The number of alkyl halides is 4. The third-order valence-electron chi connectivity index (χ3n) is 2.67. The fourth-order valence-corrected chi connectivity index (χ4v) is 1.59. The third kappa shape index (κ3) is 5.92. The molecule has 0 fully saturated rings. The van der Waals surface area contributed by atoms with E-state index in [0.29, 0.717) is 12.1 Å². The molecular weight excluding hydrogens is 295 g/mol. The zero-order valence-electron chi connectivity index (χ0n) is 11.5. The van der Waals surface area contributed by atoms with Gasteiger partial charge in [-0.3, -0.25) is 4.98 Å². The van der Waals surface area contributed by atoms with Gasteiger partial charge in [-0.05, 0) is 24.6 Å². The SMILES string of the molecule is CCCNC(COCC(F)(F)C(F)F)c1cncc(F)c1. The molecule has 3 nitrogen and oxygen atoms in total. The predicted molar refractivity (Wildman–Crippen MR) is 67.0 cm³/mol. The average Bonchev–Trinajstić information content (AvgIpc) is 2.42. The molecule has 8 heteroatoms. The summed E-state index contributed by atoms with van der Waals surface area (Å²) in [5.74, 6) is -4.77. The minimum absolute atomic E-state index is 0.284. The number of pyridine rings is 1. The smallest absolute Gasteiger partial charge is 0.330 e. The van der Waals surface area contributed by atoms with Crippen molar-refractivity contribution in [2.45, 2.75) is 31.7 Å². The topological polar surface area (TPSA) is 34.1 Å². The van der Waals surface area contributed by atoms with Crippen LogP contribution in [0.4, 0.5) is 22.0 Å². The Balaban J connectivity index is 2.63. The van der Waals surface area contributed by atoms with Crippen molar-refractivity contribution in [3.8, 4) is 0 Å². The van der Waals surface area contributed by atoms with Crippen LogP contribution in [0.25, 0.3) is 0 Å². The number of hydrogen-bond acceptors (Lipinski definition) is 3. The first-order chi connectivity index (χ1) is 9.86. The summed E-state index contributed by atoms with van der Waals surface area (Å²) in [4.78, 5) is 3.66. The summed E-state index contributed by atoms with van der Waals surface area (Å²) in [7, 11) is 0. The summed E-state index contributed by atoms with van der Waals surface area (Å²) in [6.07, 6.45) is -0.653. The molecule has 0 amide bonds. The van der Waals surface area contributed by atoms with E-state index in [9.17, 15) is 22.0 Å². The lowest BCUT2D eigenvalue weighted by Gasteiger charge is -2.21. The standard InChI is InChI=1S/C13H17F5N2O/c1-2-3-20-11(9-4-10(14)6-19-5-9)7-21-8-13(17,18)12(15)16/h4-6,11-12,20H,2-3,7-8H2,1H3. The van der Waals surface area contributed by atoms with Crippen molar-refractivity contribution in [2.24, 2.45) is 0 Å². The van der Waals surface area contributed by atoms with E-state index in [-0.39, 0.29) is 6.61 Å². The van der Waals surface area contributed by atoms with E-state index in [0.717, 1.165) is 12.6 Å². The van der Waals surface area contributed by atoms with Gasteiger partial charge in [0.25, 0.3) is 0 Å². The fourth-order valence-electron chi connectivity index (χ4n) is 1.59. The molecule has 120 valence electrons. The van der Waals surface area contributed by atoms with Crippen LogP contribution in [-0.2, 0) is 4.74 Å². The summed E-state index contributed by atoms with van der Waals surface area (Å²) in [5.41, 5.74) is 0.406. The predicted octanol–water partition coefficient (Wildman–Crippen LogP) is 3.18. The molecule has 1 aromatic heterocycles. The van der Waals surface area contributed by atoms with Crippen molar-refractivity contribution in [1.29, 1.82) is 0 Å². The van der Waals surface area contributed by atoms with Gasteiger partial charge in [0.05, 0.1) is 18.8 Å². The third-order valence-corrected chi connectivity index (χ3v) is 2.67. The van der Waals surface area contributed by atoms with Gasteiger partial charge < -0.3 is 10.1 Å². The Morgan fingerprint density at radius 1 is 1.33 bits per heavy atom.